The summed E-state index contributed by atoms with van der Waals surface area (Å²) in [5.41, 5.74) is 0.808. The second-order valence-electron chi connectivity index (χ2n) is 6.63. The Morgan fingerprint density at radius 2 is 2.00 bits per heavy atom. The van der Waals surface area contributed by atoms with E-state index in [2.05, 4.69) is 0 Å². The lowest BCUT2D eigenvalue weighted by molar-refractivity contribution is -0.149. The summed E-state index contributed by atoms with van der Waals surface area (Å²) >= 11 is 0. The minimum atomic E-state index is -0.532. The lowest BCUT2D eigenvalue weighted by atomic mass is 10.0. The molecule has 3 rings (SSSR count). The van der Waals surface area contributed by atoms with Gasteiger partial charge in [0.1, 0.15) is 0 Å². The number of hydrogen-bond acceptors (Lipinski definition) is 5. The Morgan fingerprint density at radius 1 is 1.19 bits per heavy atom. The van der Waals surface area contributed by atoms with Crippen LogP contribution in [0.5, 0.6) is 11.5 Å². The number of amides is 1. The van der Waals surface area contributed by atoms with E-state index >= 15 is 0 Å². The Labute approximate surface area is 153 Å². The summed E-state index contributed by atoms with van der Waals surface area (Å²) in [6.45, 7) is 3.81. The summed E-state index contributed by atoms with van der Waals surface area (Å²) in [5, 5.41) is 0. The third kappa shape index (κ3) is 4.77. The molecule has 0 N–H and O–H groups in total. The molecule has 6 nitrogen and oxygen atoms in total. The molecule has 0 radical (unpaired) electrons. The zero-order valence-electron chi connectivity index (χ0n) is 15.1. The zero-order chi connectivity index (χ0) is 18.4. The van der Waals surface area contributed by atoms with Crippen molar-refractivity contribution >= 4 is 18.0 Å². The first-order valence-corrected chi connectivity index (χ1v) is 9.17. The topological polar surface area (TPSA) is 65.1 Å². The minimum absolute atomic E-state index is 0.130. The van der Waals surface area contributed by atoms with Crippen molar-refractivity contribution in [2.45, 2.75) is 38.6 Å². The van der Waals surface area contributed by atoms with Crippen molar-refractivity contribution in [3.05, 3.63) is 29.8 Å². The number of fused-ring (bicyclic) bond motifs is 1. The predicted molar refractivity (Wildman–Crippen MR) is 97.1 cm³/mol. The first-order valence-electron chi connectivity index (χ1n) is 9.17. The number of piperidine rings is 1. The maximum atomic E-state index is 12.2. The molecule has 0 aromatic heterocycles. The van der Waals surface area contributed by atoms with E-state index in [-0.39, 0.29) is 18.6 Å². The average Bonchev–Trinajstić information content (AvgIpc) is 2.89. The Bertz CT molecular complexity index is 685. The van der Waals surface area contributed by atoms with Gasteiger partial charge in [-0.2, -0.15) is 0 Å². The quantitative estimate of drug-likeness (QED) is 0.611. The number of likely N-dealkylation sites (tertiary alicyclic amines) is 1. The summed E-state index contributed by atoms with van der Waals surface area (Å²) in [7, 11) is 0. The Balaban J connectivity index is 1.51. The molecule has 0 unspecified atom stereocenters. The van der Waals surface area contributed by atoms with E-state index in [1.165, 1.54) is 6.08 Å². The number of hydrogen-bond donors (Lipinski definition) is 0. The Hall–Kier alpha value is -2.50. The molecular weight excluding hydrogens is 334 g/mol. The normalized spacial score (nSPS) is 19.9. The molecule has 0 aliphatic carbocycles. The van der Waals surface area contributed by atoms with Crippen LogP contribution in [0.3, 0.4) is 0 Å². The molecule has 1 aromatic rings. The second-order valence-corrected chi connectivity index (χ2v) is 6.63. The number of carbonyl (C=O) groups is 2. The highest BCUT2D eigenvalue weighted by Crippen LogP contribution is 2.30. The third-order valence-corrected chi connectivity index (χ3v) is 4.64. The number of esters is 1. The van der Waals surface area contributed by atoms with E-state index in [9.17, 15) is 9.59 Å². The van der Waals surface area contributed by atoms with Gasteiger partial charge in [0, 0.05) is 25.1 Å². The van der Waals surface area contributed by atoms with Crippen LogP contribution in [0.15, 0.2) is 24.3 Å². The molecule has 6 heteroatoms. The van der Waals surface area contributed by atoms with Gasteiger partial charge in [0.15, 0.2) is 18.1 Å². The molecule has 2 aliphatic rings. The molecule has 1 amide bonds. The lowest BCUT2D eigenvalue weighted by Gasteiger charge is -2.33. The van der Waals surface area contributed by atoms with E-state index in [0.717, 1.165) is 37.8 Å². The van der Waals surface area contributed by atoms with Crippen molar-refractivity contribution in [2.24, 2.45) is 0 Å². The molecule has 2 heterocycles. The lowest BCUT2D eigenvalue weighted by Crippen LogP contribution is -2.44. The van der Waals surface area contributed by atoms with Gasteiger partial charge in [0.2, 0.25) is 0 Å². The molecule has 26 heavy (non-hydrogen) atoms. The first kappa shape index (κ1) is 18.3. The maximum Gasteiger partial charge on any atom is 0.331 e. The van der Waals surface area contributed by atoms with Crippen molar-refractivity contribution in [3.63, 3.8) is 0 Å². The van der Waals surface area contributed by atoms with Crippen LogP contribution < -0.4 is 9.47 Å². The van der Waals surface area contributed by atoms with Crippen molar-refractivity contribution in [2.75, 3.05) is 26.4 Å². The van der Waals surface area contributed by atoms with Gasteiger partial charge in [-0.1, -0.05) is 6.07 Å². The maximum absolute atomic E-state index is 12.2. The largest absolute Gasteiger partial charge is 0.490 e. The fraction of sp³-hybridized carbons (Fsp3) is 0.500. The van der Waals surface area contributed by atoms with Gasteiger partial charge in [-0.25, -0.2) is 4.79 Å². The van der Waals surface area contributed by atoms with Crippen LogP contribution in [0.4, 0.5) is 0 Å². The van der Waals surface area contributed by atoms with E-state index in [4.69, 9.17) is 14.2 Å². The highest BCUT2D eigenvalue weighted by molar-refractivity contribution is 5.89. The Kier molecular flexibility index (Phi) is 6.15. The van der Waals surface area contributed by atoms with Crippen molar-refractivity contribution < 1.29 is 23.8 Å². The molecular formula is C20H25NO5. The molecule has 1 atom stereocenters. The van der Waals surface area contributed by atoms with Crippen molar-refractivity contribution in [1.82, 2.24) is 4.90 Å². The van der Waals surface area contributed by atoms with Gasteiger partial charge in [0.05, 0.1) is 13.2 Å². The summed E-state index contributed by atoms with van der Waals surface area (Å²) in [4.78, 5) is 25.9. The fourth-order valence-electron chi connectivity index (χ4n) is 3.18. The van der Waals surface area contributed by atoms with Crippen LogP contribution in [0.1, 0.15) is 38.2 Å². The van der Waals surface area contributed by atoms with Gasteiger partial charge in [-0.15, -0.1) is 0 Å². The van der Waals surface area contributed by atoms with Crippen molar-refractivity contribution in [3.8, 4) is 11.5 Å². The molecule has 0 saturated carbocycles. The van der Waals surface area contributed by atoms with Crippen LogP contribution >= 0.6 is 0 Å². The van der Waals surface area contributed by atoms with Crippen LogP contribution in [-0.2, 0) is 14.3 Å². The molecule has 1 aromatic carbocycles. The van der Waals surface area contributed by atoms with Crippen LogP contribution in [0.25, 0.3) is 6.08 Å². The molecule has 140 valence electrons. The Morgan fingerprint density at radius 3 is 2.81 bits per heavy atom. The SMILES string of the molecule is C[C@@H]1CCCCN1C(=O)COC(=O)/C=C/c1ccc2c(c1)OCCCO2. The average molecular weight is 359 g/mol. The monoisotopic (exact) mass is 359 g/mol. The van der Waals surface area contributed by atoms with Crippen LogP contribution in [-0.4, -0.2) is 49.2 Å². The standard InChI is InChI=1S/C20H25NO5/c1-15-5-2-3-10-21(15)19(22)14-26-20(23)9-7-16-6-8-17-18(13-16)25-12-4-11-24-17/h6-9,13,15H,2-5,10-12,14H2,1H3/b9-7+/t15-/m1/s1. The van der Waals surface area contributed by atoms with E-state index in [0.29, 0.717) is 24.7 Å². The number of ether oxygens (including phenoxy) is 3. The zero-order valence-corrected chi connectivity index (χ0v) is 15.1. The number of nitrogens with zero attached hydrogens (tertiary/aromatic N) is 1. The molecule has 1 fully saturated rings. The predicted octanol–water partition coefficient (Wildman–Crippen LogP) is 2.81. The van der Waals surface area contributed by atoms with Crippen LogP contribution in [0, 0.1) is 0 Å². The minimum Gasteiger partial charge on any atom is -0.490 e. The van der Waals surface area contributed by atoms with Gasteiger partial charge in [0.25, 0.3) is 5.91 Å². The van der Waals surface area contributed by atoms with E-state index in [1.807, 2.05) is 25.1 Å². The van der Waals surface area contributed by atoms with Gasteiger partial charge >= 0.3 is 5.97 Å². The number of rotatable bonds is 4. The summed E-state index contributed by atoms with van der Waals surface area (Å²) in [5.74, 6) is 0.723. The summed E-state index contributed by atoms with van der Waals surface area (Å²) in [6.07, 6.45) is 6.97. The van der Waals surface area contributed by atoms with Crippen LogP contribution in [0.2, 0.25) is 0 Å². The molecule has 0 spiro atoms. The second kappa shape index (κ2) is 8.74. The number of benzene rings is 1. The van der Waals surface area contributed by atoms with Crippen molar-refractivity contribution in [1.29, 1.82) is 0 Å². The number of carbonyl (C=O) groups excluding carboxylic acids is 2. The third-order valence-electron chi connectivity index (χ3n) is 4.64. The highest BCUT2D eigenvalue weighted by Gasteiger charge is 2.23. The summed E-state index contributed by atoms with van der Waals surface area (Å²) < 4.78 is 16.3. The van der Waals surface area contributed by atoms with Gasteiger partial charge in [-0.3, -0.25) is 4.79 Å². The fourth-order valence-corrected chi connectivity index (χ4v) is 3.18. The highest BCUT2D eigenvalue weighted by atomic mass is 16.5. The summed E-state index contributed by atoms with van der Waals surface area (Å²) in [6, 6.07) is 5.71. The molecule has 1 saturated heterocycles. The van der Waals surface area contributed by atoms with E-state index < -0.39 is 5.97 Å². The van der Waals surface area contributed by atoms with Gasteiger partial charge < -0.3 is 19.1 Å². The smallest absolute Gasteiger partial charge is 0.331 e. The molecule has 2 aliphatic heterocycles. The van der Waals surface area contributed by atoms with Gasteiger partial charge in [-0.05, 0) is 50.0 Å². The van der Waals surface area contributed by atoms with E-state index in [1.54, 1.807) is 11.0 Å². The molecule has 0 bridgehead atoms. The first-order chi connectivity index (χ1) is 12.6.